The van der Waals surface area contributed by atoms with Gasteiger partial charge in [-0.3, -0.25) is 4.79 Å². The average Bonchev–Trinajstić information content (AvgIpc) is 2.64. The molecule has 0 radical (unpaired) electrons. The number of hydrogen-bond donors (Lipinski definition) is 2. The molecule has 1 heterocycles. The largest absolute Gasteiger partial charge is 0.465 e. The van der Waals surface area contributed by atoms with E-state index in [2.05, 4.69) is 10.1 Å². The number of aliphatic hydroxyl groups is 1. The van der Waals surface area contributed by atoms with Crippen molar-refractivity contribution in [1.82, 2.24) is 0 Å². The van der Waals surface area contributed by atoms with E-state index in [1.165, 1.54) is 25.4 Å². The number of methoxy groups -OCH3 is 1. The maximum absolute atomic E-state index is 11.2. The number of amides is 1. The number of anilines is 1. The van der Waals surface area contributed by atoms with Gasteiger partial charge in [0.1, 0.15) is 11.0 Å². The highest BCUT2D eigenvalue weighted by Crippen LogP contribution is 2.23. The maximum Gasteiger partial charge on any atom is 0.350 e. The van der Waals surface area contributed by atoms with E-state index in [0.29, 0.717) is 10.6 Å². The highest BCUT2D eigenvalue weighted by Gasteiger charge is 2.17. The molecular formula is C9H11NO4S. The molecule has 15 heavy (non-hydrogen) atoms. The molecule has 0 aromatic carbocycles. The molecule has 1 rings (SSSR count). The monoisotopic (exact) mass is 229 g/mol. The minimum Gasteiger partial charge on any atom is -0.465 e. The molecule has 0 aliphatic rings. The lowest BCUT2D eigenvalue weighted by Crippen LogP contribution is -2.25. The number of hydrogen-bond acceptors (Lipinski definition) is 5. The Balaban J connectivity index is 2.82. The highest BCUT2D eigenvalue weighted by molar-refractivity contribution is 7.12. The molecule has 1 atom stereocenters. The Bertz CT molecular complexity index is 372. The van der Waals surface area contributed by atoms with Gasteiger partial charge >= 0.3 is 5.97 Å². The standard InChI is InChI=1S/C9H11NO4S/c1-5(11)8(12)10-6-3-4-15-7(6)9(13)14-2/h3-5,11H,1-2H3,(H,10,12). The SMILES string of the molecule is COC(=O)c1sccc1NC(=O)C(C)O. The van der Waals surface area contributed by atoms with Gasteiger partial charge in [-0.2, -0.15) is 0 Å². The van der Waals surface area contributed by atoms with Crippen LogP contribution in [0.1, 0.15) is 16.6 Å². The molecule has 0 bridgehead atoms. The van der Waals surface area contributed by atoms with Gasteiger partial charge in [-0.1, -0.05) is 0 Å². The van der Waals surface area contributed by atoms with Crippen LogP contribution in [-0.2, 0) is 9.53 Å². The number of rotatable bonds is 3. The van der Waals surface area contributed by atoms with E-state index in [4.69, 9.17) is 5.11 Å². The van der Waals surface area contributed by atoms with Crippen LogP contribution in [0, 0.1) is 0 Å². The zero-order valence-electron chi connectivity index (χ0n) is 8.31. The van der Waals surface area contributed by atoms with Crippen molar-refractivity contribution in [2.24, 2.45) is 0 Å². The number of thiophene rings is 1. The molecule has 5 nitrogen and oxygen atoms in total. The second-order valence-corrected chi connectivity index (χ2v) is 3.74. The summed E-state index contributed by atoms with van der Waals surface area (Å²) in [6, 6.07) is 1.58. The first-order chi connectivity index (χ1) is 7.06. The molecule has 0 fully saturated rings. The quantitative estimate of drug-likeness (QED) is 0.753. The van der Waals surface area contributed by atoms with Gasteiger partial charge in [0.05, 0.1) is 12.8 Å². The molecule has 1 unspecified atom stereocenters. The summed E-state index contributed by atoms with van der Waals surface area (Å²) < 4.78 is 4.53. The van der Waals surface area contributed by atoms with E-state index in [0.717, 1.165) is 0 Å². The van der Waals surface area contributed by atoms with Crippen LogP contribution in [0.2, 0.25) is 0 Å². The normalized spacial score (nSPS) is 11.9. The van der Waals surface area contributed by atoms with E-state index in [1.54, 1.807) is 11.4 Å². The van der Waals surface area contributed by atoms with Crippen LogP contribution in [0.15, 0.2) is 11.4 Å². The molecule has 0 saturated carbocycles. The van der Waals surface area contributed by atoms with Gasteiger partial charge in [-0.15, -0.1) is 11.3 Å². The number of ether oxygens (including phenoxy) is 1. The summed E-state index contributed by atoms with van der Waals surface area (Å²) in [6.45, 7) is 1.35. The Morgan fingerprint density at radius 2 is 2.27 bits per heavy atom. The highest BCUT2D eigenvalue weighted by atomic mass is 32.1. The summed E-state index contributed by atoms with van der Waals surface area (Å²) in [7, 11) is 1.27. The number of carbonyl (C=O) groups is 2. The lowest BCUT2D eigenvalue weighted by molar-refractivity contribution is -0.123. The molecular weight excluding hydrogens is 218 g/mol. The van der Waals surface area contributed by atoms with Gasteiger partial charge in [-0.25, -0.2) is 4.79 Å². The molecule has 0 aliphatic carbocycles. The minimum atomic E-state index is -1.12. The van der Waals surface area contributed by atoms with Crippen molar-refractivity contribution in [1.29, 1.82) is 0 Å². The molecule has 0 spiro atoms. The van der Waals surface area contributed by atoms with E-state index in [9.17, 15) is 9.59 Å². The van der Waals surface area contributed by atoms with Crippen LogP contribution in [0.3, 0.4) is 0 Å². The number of esters is 1. The molecule has 2 N–H and O–H groups in total. The lowest BCUT2D eigenvalue weighted by Gasteiger charge is -2.06. The van der Waals surface area contributed by atoms with Gasteiger partial charge in [0.15, 0.2) is 0 Å². The number of aliphatic hydroxyl groups excluding tert-OH is 1. The topological polar surface area (TPSA) is 75.6 Å². The second-order valence-electron chi connectivity index (χ2n) is 2.82. The Kier molecular flexibility index (Phi) is 3.81. The first-order valence-electron chi connectivity index (χ1n) is 4.21. The van der Waals surface area contributed by atoms with Crippen molar-refractivity contribution in [2.45, 2.75) is 13.0 Å². The fraction of sp³-hybridized carbons (Fsp3) is 0.333. The van der Waals surface area contributed by atoms with E-state index >= 15 is 0 Å². The molecule has 1 amide bonds. The molecule has 82 valence electrons. The second kappa shape index (κ2) is 4.90. The Hall–Kier alpha value is -1.40. The fourth-order valence-electron chi connectivity index (χ4n) is 0.896. The first-order valence-corrected chi connectivity index (χ1v) is 5.09. The third-order valence-corrected chi connectivity index (χ3v) is 2.57. The first kappa shape index (κ1) is 11.7. The predicted molar refractivity (Wildman–Crippen MR) is 56.0 cm³/mol. The van der Waals surface area contributed by atoms with E-state index in [-0.39, 0.29) is 0 Å². The average molecular weight is 229 g/mol. The molecule has 1 aromatic heterocycles. The summed E-state index contributed by atoms with van der Waals surface area (Å²) in [5.41, 5.74) is 0.359. The third-order valence-electron chi connectivity index (χ3n) is 1.67. The molecule has 1 aromatic rings. The lowest BCUT2D eigenvalue weighted by atomic mass is 10.3. The van der Waals surface area contributed by atoms with Crippen molar-refractivity contribution in [3.8, 4) is 0 Å². The van der Waals surface area contributed by atoms with E-state index in [1.807, 2.05) is 0 Å². The number of nitrogens with one attached hydrogen (secondary N) is 1. The van der Waals surface area contributed by atoms with Gasteiger partial charge in [0.2, 0.25) is 0 Å². The van der Waals surface area contributed by atoms with Gasteiger partial charge in [0, 0.05) is 0 Å². The predicted octanol–water partition coefficient (Wildman–Crippen LogP) is 0.854. The Morgan fingerprint density at radius 1 is 1.60 bits per heavy atom. The van der Waals surface area contributed by atoms with Crippen molar-refractivity contribution in [3.05, 3.63) is 16.3 Å². The maximum atomic E-state index is 11.2. The van der Waals surface area contributed by atoms with Crippen LogP contribution >= 0.6 is 11.3 Å². The molecule has 0 aliphatic heterocycles. The zero-order valence-corrected chi connectivity index (χ0v) is 9.13. The minimum absolute atomic E-state index is 0.312. The van der Waals surface area contributed by atoms with Crippen LogP contribution in [0.5, 0.6) is 0 Å². The molecule has 0 saturated heterocycles. The van der Waals surface area contributed by atoms with Crippen molar-refractivity contribution in [2.75, 3.05) is 12.4 Å². The van der Waals surface area contributed by atoms with Gasteiger partial charge < -0.3 is 15.2 Å². The summed E-state index contributed by atoms with van der Waals surface area (Å²) >= 11 is 1.17. The smallest absolute Gasteiger partial charge is 0.350 e. The third kappa shape index (κ3) is 2.77. The molecule has 6 heteroatoms. The van der Waals surface area contributed by atoms with Gasteiger partial charge in [-0.05, 0) is 18.4 Å². The summed E-state index contributed by atoms with van der Waals surface area (Å²) in [6.07, 6.45) is -1.12. The van der Waals surface area contributed by atoms with Crippen LogP contribution in [0.25, 0.3) is 0 Å². The fourth-order valence-corrected chi connectivity index (χ4v) is 1.66. The van der Waals surface area contributed by atoms with Gasteiger partial charge in [0.25, 0.3) is 5.91 Å². The van der Waals surface area contributed by atoms with Crippen LogP contribution in [-0.4, -0.2) is 30.2 Å². The zero-order chi connectivity index (χ0) is 11.4. The van der Waals surface area contributed by atoms with Crippen LogP contribution in [0.4, 0.5) is 5.69 Å². The number of carbonyl (C=O) groups excluding carboxylic acids is 2. The summed E-state index contributed by atoms with van der Waals surface area (Å²) in [4.78, 5) is 22.7. The van der Waals surface area contributed by atoms with E-state index < -0.39 is 18.0 Å². The van der Waals surface area contributed by atoms with Crippen molar-refractivity contribution in [3.63, 3.8) is 0 Å². The summed E-state index contributed by atoms with van der Waals surface area (Å²) in [5, 5.41) is 13.1. The van der Waals surface area contributed by atoms with Crippen molar-refractivity contribution < 1.29 is 19.4 Å². The Morgan fingerprint density at radius 3 is 2.80 bits per heavy atom. The van der Waals surface area contributed by atoms with Crippen molar-refractivity contribution >= 4 is 28.9 Å². The summed E-state index contributed by atoms with van der Waals surface area (Å²) in [5.74, 6) is -1.07. The Labute approximate surface area is 90.7 Å². The van der Waals surface area contributed by atoms with Crippen LogP contribution < -0.4 is 5.32 Å².